The number of ether oxygens (including phenoxy) is 1. The van der Waals surface area contributed by atoms with Crippen LogP contribution < -0.4 is 10.1 Å². The van der Waals surface area contributed by atoms with E-state index in [4.69, 9.17) is 4.74 Å². The van der Waals surface area contributed by atoms with Crippen molar-refractivity contribution in [2.24, 2.45) is 0 Å². The second-order valence-electron chi connectivity index (χ2n) is 4.68. The van der Waals surface area contributed by atoms with Crippen LogP contribution >= 0.6 is 0 Å². The largest absolute Gasteiger partial charge is 0.492 e. The zero-order chi connectivity index (χ0) is 13.5. The summed E-state index contributed by atoms with van der Waals surface area (Å²) in [5.74, 6) is 2.56. The predicted octanol–water partition coefficient (Wildman–Crippen LogP) is 0.849. The molecule has 106 valence electrons. The Labute approximate surface area is 117 Å². The lowest BCUT2D eigenvalue weighted by Gasteiger charge is -2.26. The molecule has 19 heavy (non-hydrogen) atoms. The van der Waals surface area contributed by atoms with Gasteiger partial charge in [-0.3, -0.25) is 9.11 Å². The number of benzene rings is 1. The van der Waals surface area contributed by atoms with E-state index in [2.05, 4.69) is 16.3 Å². The normalized spacial score (nSPS) is 17.5. The summed E-state index contributed by atoms with van der Waals surface area (Å²) in [7, 11) is 1.34. The topological polar surface area (TPSA) is 41.6 Å². The number of hydrogen-bond donors (Lipinski definition) is 1. The Morgan fingerprint density at radius 1 is 1.32 bits per heavy atom. The zero-order valence-electron chi connectivity index (χ0n) is 11.4. The summed E-state index contributed by atoms with van der Waals surface area (Å²) in [6, 6.07) is 8.12. The molecule has 0 spiro atoms. The van der Waals surface area contributed by atoms with E-state index < -0.39 is 10.8 Å². The molecule has 1 aliphatic heterocycles. The number of para-hydroxylation sites is 1. The summed E-state index contributed by atoms with van der Waals surface area (Å²) in [6.07, 6.45) is 0. The van der Waals surface area contributed by atoms with Crippen molar-refractivity contribution in [3.05, 3.63) is 29.8 Å². The molecule has 1 aromatic carbocycles. The summed E-state index contributed by atoms with van der Waals surface area (Å²) in [5.41, 5.74) is 1.18. The second-order valence-corrected chi connectivity index (χ2v) is 6.37. The van der Waals surface area contributed by atoms with E-state index in [0.29, 0.717) is 6.61 Å². The van der Waals surface area contributed by atoms with Crippen molar-refractivity contribution < 1.29 is 8.95 Å². The molecule has 0 amide bonds. The lowest BCUT2D eigenvalue weighted by molar-refractivity contribution is 0.220. The zero-order valence-corrected chi connectivity index (χ0v) is 12.2. The summed E-state index contributed by atoms with van der Waals surface area (Å²) < 4.78 is 17.1. The lowest BCUT2D eigenvalue weighted by atomic mass is 10.2. The van der Waals surface area contributed by atoms with Crippen LogP contribution in [0, 0.1) is 0 Å². The van der Waals surface area contributed by atoms with Crippen LogP contribution in [0.4, 0.5) is 0 Å². The molecule has 0 unspecified atom stereocenters. The Morgan fingerprint density at radius 3 is 2.79 bits per heavy atom. The van der Waals surface area contributed by atoms with Gasteiger partial charge in [0.25, 0.3) is 0 Å². The molecule has 1 fully saturated rings. The second kappa shape index (κ2) is 7.62. The first kappa shape index (κ1) is 14.5. The average molecular weight is 282 g/mol. The molecule has 5 heteroatoms. The van der Waals surface area contributed by atoms with E-state index >= 15 is 0 Å². The molecule has 0 bridgehead atoms. The highest BCUT2D eigenvalue weighted by atomic mass is 32.2. The third kappa shape index (κ3) is 4.60. The molecule has 1 heterocycles. The standard InChI is InChI=1S/C14H22N2O2S/c1-15-12-13-4-2-3-5-14(13)18-9-6-16-7-10-19(17)11-8-16/h2-5,15H,6-12H2,1H3. The number of hydrogen-bond acceptors (Lipinski definition) is 4. The maximum Gasteiger partial charge on any atom is 0.123 e. The Bertz CT molecular complexity index is 416. The van der Waals surface area contributed by atoms with Crippen LogP contribution in [-0.2, 0) is 17.3 Å². The third-order valence-corrected chi connectivity index (χ3v) is 4.55. The van der Waals surface area contributed by atoms with Crippen molar-refractivity contribution in [3.8, 4) is 5.75 Å². The van der Waals surface area contributed by atoms with Crippen LogP contribution in [0.25, 0.3) is 0 Å². The fourth-order valence-electron chi connectivity index (χ4n) is 2.17. The SMILES string of the molecule is CNCc1ccccc1OCCN1CCS(=O)CC1. The van der Waals surface area contributed by atoms with Gasteiger partial charge in [-0.15, -0.1) is 0 Å². The number of rotatable bonds is 6. The van der Waals surface area contributed by atoms with Crippen LogP contribution in [0.3, 0.4) is 0 Å². The summed E-state index contributed by atoms with van der Waals surface area (Å²) in [5, 5.41) is 3.14. The first-order valence-electron chi connectivity index (χ1n) is 6.72. The number of nitrogens with zero attached hydrogens (tertiary/aromatic N) is 1. The van der Waals surface area contributed by atoms with Gasteiger partial charge in [-0.25, -0.2) is 0 Å². The van der Waals surface area contributed by atoms with E-state index in [1.807, 2.05) is 25.2 Å². The lowest BCUT2D eigenvalue weighted by Crippen LogP contribution is -2.39. The van der Waals surface area contributed by atoms with Crippen molar-refractivity contribution in [3.63, 3.8) is 0 Å². The van der Waals surface area contributed by atoms with Gasteiger partial charge in [0.05, 0.1) is 0 Å². The van der Waals surface area contributed by atoms with Crippen molar-refractivity contribution in [2.45, 2.75) is 6.54 Å². The minimum atomic E-state index is -0.600. The minimum absolute atomic E-state index is 0.600. The predicted molar refractivity (Wildman–Crippen MR) is 79.0 cm³/mol. The molecule has 1 aromatic rings. The van der Waals surface area contributed by atoms with E-state index in [1.165, 1.54) is 5.56 Å². The molecule has 1 N–H and O–H groups in total. The fraction of sp³-hybridized carbons (Fsp3) is 0.571. The Morgan fingerprint density at radius 2 is 2.05 bits per heavy atom. The van der Waals surface area contributed by atoms with Gasteiger partial charge < -0.3 is 10.1 Å². The molecule has 1 saturated heterocycles. The summed E-state index contributed by atoms with van der Waals surface area (Å²) >= 11 is 0. The van der Waals surface area contributed by atoms with Gasteiger partial charge in [0, 0.05) is 54.0 Å². The highest BCUT2D eigenvalue weighted by Crippen LogP contribution is 2.17. The number of nitrogens with one attached hydrogen (secondary N) is 1. The molecule has 0 aromatic heterocycles. The van der Waals surface area contributed by atoms with Gasteiger partial charge in [0.15, 0.2) is 0 Å². The Hall–Kier alpha value is -0.910. The van der Waals surface area contributed by atoms with E-state index in [1.54, 1.807) is 0 Å². The molecular formula is C14H22N2O2S. The van der Waals surface area contributed by atoms with Crippen LogP contribution in [0.2, 0.25) is 0 Å². The van der Waals surface area contributed by atoms with Crippen molar-refractivity contribution >= 4 is 10.8 Å². The highest BCUT2D eigenvalue weighted by Gasteiger charge is 2.14. The monoisotopic (exact) mass is 282 g/mol. The molecule has 0 aliphatic carbocycles. The van der Waals surface area contributed by atoms with Crippen molar-refractivity contribution in [1.29, 1.82) is 0 Å². The van der Waals surface area contributed by atoms with Gasteiger partial charge in [-0.05, 0) is 13.1 Å². The van der Waals surface area contributed by atoms with E-state index in [-0.39, 0.29) is 0 Å². The molecular weight excluding hydrogens is 260 g/mol. The smallest absolute Gasteiger partial charge is 0.123 e. The third-order valence-electron chi connectivity index (χ3n) is 3.28. The van der Waals surface area contributed by atoms with Crippen molar-refractivity contribution in [2.75, 3.05) is 44.8 Å². The van der Waals surface area contributed by atoms with Crippen LogP contribution in [0.1, 0.15) is 5.56 Å². The van der Waals surface area contributed by atoms with Gasteiger partial charge >= 0.3 is 0 Å². The summed E-state index contributed by atoms with van der Waals surface area (Å²) in [4.78, 5) is 2.32. The minimum Gasteiger partial charge on any atom is -0.492 e. The maximum absolute atomic E-state index is 11.3. The van der Waals surface area contributed by atoms with Gasteiger partial charge in [0.2, 0.25) is 0 Å². The molecule has 1 aliphatic rings. The van der Waals surface area contributed by atoms with Crippen LogP contribution in [0.5, 0.6) is 5.75 Å². The molecule has 0 saturated carbocycles. The van der Waals surface area contributed by atoms with E-state index in [9.17, 15) is 4.21 Å². The first-order chi connectivity index (χ1) is 9.29. The van der Waals surface area contributed by atoms with Crippen molar-refractivity contribution in [1.82, 2.24) is 10.2 Å². The van der Waals surface area contributed by atoms with Crippen LogP contribution in [0.15, 0.2) is 24.3 Å². The molecule has 0 atom stereocenters. The Balaban J connectivity index is 1.77. The van der Waals surface area contributed by atoms with Crippen LogP contribution in [-0.4, -0.2) is 53.9 Å². The van der Waals surface area contributed by atoms with E-state index in [0.717, 1.165) is 43.4 Å². The fourth-order valence-corrected chi connectivity index (χ4v) is 3.29. The summed E-state index contributed by atoms with van der Waals surface area (Å²) in [6.45, 7) is 4.26. The maximum atomic E-state index is 11.3. The molecule has 0 radical (unpaired) electrons. The van der Waals surface area contributed by atoms with Gasteiger partial charge in [-0.1, -0.05) is 18.2 Å². The first-order valence-corrected chi connectivity index (χ1v) is 8.21. The quantitative estimate of drug-likeness (QED) is 0.840. The highest BCUT2D eigenvalue weighted by molar-refractivity contribution is 7.85. The average Bonchev–Trinajstić information content (AvgIpc) is 2.43. The van der Waals surface area contributed by atoms with Gasteiger partial charge in [-0.2, -0.15) is 0 Å². The molecule has 4 nitrogen and oxygen atoms in total. The Kier molecular flexibility index (Phi) is 5.82. The molecule has 2 rings (SSSR count). The van der Waals surface area contributed by atoms with Gasteiger partial charge in [0.1, 0.15) is 12.4 Å².